The van der Waals surface area contributed by atoms with Crippen LogP contribution in [0, 0.1) is 11.7 Å². The van der Waals surface area contributed by atoms with Crippen molar-refractivity contribution < 1.29 is 23.8 Å². The maximum atomic E-state index is 13.8. The van der Waals surface area contributed by atoms with E-state index in [-0.39, 0.29) is 18.3 Å². The molecule has 2 rings (SSSR count). The van der Waals surface area contributed by atoms with Crippen molar-refractivity contribution in [2.24, 2.45) is 5.92 Å². The summed E-state index contributed by atoms with van der Waals surface area (Å²) < 4.78 is 25.6. The number of aliphatic carboxylic acids is 1. The van der Waals surface area contributed by atoms with Gasteiger partial charge in [-0.05, 0) is 45.6 Å². The molecule has 1 unspecified atom stereocenters. The van der Waals surface area contributed by atoms with Crippen LogP contribution in [0.3, 0.4) is 0 Å². The molecule has 7 heteroatoms. The summed E-state index contributed by atoms with van der Waals surface area (Å²) >= 11 is 3.45. The summed E-state index contributed by atoms with van der Waals surface area (Å²) in [5.74, 6) is -0.323. The number of hydrogen-bond acceptors (Lipinski definition) is 4. The van der Waals surface area contributed by atoms with E-state index in [0.717, 1.165) is 5.56 Å². The Hall–Kier alpha value is -2.12. The summed E-state index contributed by atoms with van der Waals surface area (Å²) in [5, 5.41) is 12.3. The first-order valence-corrected chi connectivity index (χ1v) is 9.31. The molecular formula is C20H23BrFNO4. The van der Waals surface area contributed by atoms with Gasteiger partial charge in [-0.1, -0.05) is 32.0 Å². The molecule has 2 N–H and O–H groups in total. The van der Waals surface area contributed by atoms with E-state index in [2.05, 4.69) is 21.2 Å². The van der Waals surface area contributed by atoms with Gasteiger partial charge in [-0.15, -0.1) is 0 Å². The molecule has 0 aromatic heterocycles. The van der Waals surface area contributed by atoms with Crippen LogP contribution >= 0.6 is 15.9 Å². The number of hydrogen-bond donors (Lipinski definition) is 2. The van der Waals surface area contributed by atoms with E-state index in [9.17, 15) is 14.3 Å². The normalized spacial score (nSPS) is 12.1. The highest BCUT2D eigenvalue weighted by Crippen LogP contribution is 2.37. The van der Waals surface area contributed by atoms with Gasteiger partial charge in [-0.3, -0.25) is 4.79 Å². The second kappa shape index (κ2) is 9.71. The molecule has 0 aliphatic rings. The highest BCUT2D eigenvalue weighted by molar-refractivity contribution is 9.10. The molecular weight excluding hydrogens is 417 g/mol. The van der Waals surface area contributed by atoms with Crippen LogP contribution in [0.15, 0.2) is 40.9 Å². The largest absolute Gasteiger partial charge is 0.493 e. The maximum Gasteiger partial charge on any atom is 0.320 e. The molecule has 0 saturated carbocycles. The molecule has 0 fully saturated rings. The highest BCUT2D eigenvalue weighted by atomic mass is 79.9. The number of carboxylic acids is 1. The Balaban J connectivity index is 2.14. The van der Waals surface area contributed by atoms with E-state index >= 15 is 0 Å². The highest BCUT2D eigenvalue weighted by Gasteiger charge is 2.21. The van der Waals surface area contributed by atoms with Gasteiger partial charge in [0, 0.05) is 12.1 Å². The van der Waals surface area contributed by atoms with Crippen molar-refractivity contribution in [2.45, 2.75) is 33.0 Å². The summed E-state index contributed by atoms with van der Waals surface area (Å²) in [4.78, 5) is 11.3. The van der Waals surface area contributed by atoms with Crippen LogP contribution in [0.5, 0.6) is 11.5 Å². The van der Waals surface area contributed by atoms with E-state index in [1.54, 1.807) is 24.3 Å². The number of carboxylic acid groups (broad SMARTS) is 1. The first-order valence-electron chi connectivity index (χ1n) is 8.52. The zero-order valence-electron chi connectivity index (χ0n) is 15.5. The summed E-state index contributed by atoms with van der Waals surface area (Å²) in [5.41, 5.74) is 1.28. The van der Waals surface area contributed by atoms with Crippen molar-refractivity contribution in [3.05, 3.63) is 57.8 Å². The number of nitrogens with one attached hydrogen (secondary N) is 1. The molecule has 0 heterocycles. The zero-order chi connectivity index (χ0) is 20.0. The molecule has 0 saturated heterocycles. The van der Waals surface area contributed by atoms with Gasteiger partial charge in [0.25, 0.3) is 0 Å². The molecule has 0 spiro atoms. The minimum absolute atomic E-state index is 0.0452. The van der Waals surface area contributed by atoms with Crippen molar-refractivity contribution in [3.8, 4) is 11.5 Å². The molecule has 0 bridgehead atoms. The van der Waals surface area contributed by atoms with E-state index in [4.69, 9.17) is 9.47 Å². The summed E-state index contributed by atoms with van der Waals surface area (Å²) in [7, 11) is 1.52. The average Bonchev–Trinajstić information content (AvgIpc) is 2.61. The van der Waals surface area contributed by atoms with Crippen LogP contribution in [0.25, 0.3) is 0 Å². The van der Waals surface area contributed by atoms with Crippen molar-refractivity contribution >= 4 is 21.9 Å². The summed E-state index contributed by atoms with van der Waals surface area (Å²) in [6, 6.07) is 9.36. The Bertz CT molecular complexity index is 798. The second-order valence-electron chi connectivity index (χ2n) is 6.43. The fourth-order valence-electron chi connectivity index (χ4n) is 2.62. The van der Waals surface area contributed by atoms with Crippen LogP contribution in [-0.2, 0) is 17.9 Å². The number of ether oxygens (including phenoxy) is 2. The SMILES string of the molecule is COc1cc(CNC(C(=O)O)C(C)C)cc(Br)c1OCc1ccccc1F. The Morgan fingerprint density at radius 1 is 1.30 bits per heavy atom. The van der Waals surface area contributed by atoms with Gasteiger partial charge in [-0.2, -0.15) is 0 Å². The number of rotatable bonds is 9. The molecule has 5 nitrogen and oxygen atoms in total. The van der Waals surface area contributed by atoms with Crippen molar-refractivity contribution in [3.63, 3.8) is 0 Å². The quantitative estimate of drug-likeness (QED) is 0.606. The van der Waals surface area contributed by atoms with Gasteiger partial charge in [0.15, 0.2) is 11.5 Å². The molecule has 2 aromatic rings. The fourth-order valence-corrected chi connectivity index (χ4v) is 3.22. The lowest BCUT2D eigenvalue weighted by molar-refractivity contribution is -0.140. The minimum atomic E-state index is -0.888. The molecule has 0 aliphatic heterocycles. The van der Waals surface area contributed by atoms with E-state index < -0.39 is 12.0 Å². The van der Waals surface area contributed by atoms with Crippen LogP contribution in [0.1, 0.15) is 25.0 Å². The standard InChI is InChI=1S/C20H23BrFNO4/c1-12(2)18(20(24)25)23-10-13-8-15(21)19(17(9-13)26-3)27-11-14-6-4-5-7-16(14)22/h4-9,12,18,23H,10-11H2,1-3H3,(H,24,25). The molecule has 0 amide bonds. The lowest BCUT2D eigenvalue weighted by atomic mass is 10.0. The smallest absolute Gasteiger partial charge is 0.320 e. The number of halogens is 2. The number of carbonyl (C=O) groups is 1. The molecule has 27 heavy (non-hydrogen) atoms. The third-order valence-corrected chi connectivity index (χ3v) is 4.67. The Morgan fingerprint density at radius 2 is 2.00 bits per heavy atom. The van der Waals surface area contributed by atoms with Gasteiger partial charge in [0.1, 0.15) is 18.5 Å². The minimum Gasteiger partial charge on any atom is -0.493 e. The zero-order valence-corrected chi connectivity index (χ0v) is 17.0. The van der Waals surface area contributed by atoms with Crippen LogP contribution in [0.4, 0.5) is 4.39 Å². The van der Waals surface area contributed by atoms with Crippen LogP contribution in [-0.4, -0.2) is 24.2 Å². The second-order valence-corrected chi connectivity index (χ2v) is 7.28. The Morgan fingerprint density at radius 3 is 2.59 bits per heavy atom. The predicted molar refractivity (Wildman–Crippen MR) is 105 cm³/mol. The van der Waals surface area contributed by atoms with Crippen molar-refractivity contribution in [1.29, 1.82) is 0 Å². The number of benzene rings is 2. The number of methoxy groups -OCH3 is 1. The Kier molecular flexibility index (Phi) is 7.62. The van der Waals surface area contributed by atoms with Crippen molar-refractivity contribution in [2.75, 3.05) is 7.11 Å². The topological polar surface area (TPSA) is 67.8 Å². The first-order chi connectivity index (χ1) is 12.8. The molecule has 0 radical (unpaired) electrons. The van der Waals surface area contributed by atoms with Crippen LogP contribution in [0.2, 0.25) is 0 Å². The van der Waals surface area contributed by atoms with Crippen molar-refractivity contribution in [1.82, 2.24) is 5.32 Å². The van der Waals surface area contributed by atoms with Gasteiger partial charge in [0.2, 0.25) is 0 Å². The van der Waals surface area contributed by atoms with Gasteiger partial charge < -0.3 is 19.9 Å². The van der Waals surface area contributed by atoms with Gasteiger partial charge in [0.05, 0.1) is 11.6 Å². The Labute approximate surface area is 166 Å². The molecule has 0 aliphatic carbocycles. The fraction of sp³-hybridized carbons (Fsp3) is 0.350. The maximum absolute atomic E-state index is 13.8. The third-order valence-electron chi connectivity index (χ3n) is 4.08. The summed E-state index contributed by atoms with van der Waals surface area (Å²) in [6.45, 7) is 4.12. The molecule has 2 aromatic carbocycles. The van der Waals surface area contributed by atoms with E-state index in [1.807, 2.05) is 19.9 Å². The van der Waals surface area contributed by atoms with Gasteiger partial charge in [-0.25, -0.2) is 4.39 Å². The van der Waals surface area contributed by atoms with E-state index in [0.29, 0.717) is 28.1 Å². The van der Waals surface area contributed by atoms with Gasteiger partial charge >= 0.3 is 5.97 Å². The van der Waals surface area contributed by atoms with E-state index in [1.165, 1.54) is 13.2 Å². The predicted octanol–water partition coefficient (Wildman–Crippen LogP) is 4.37. The summed E-state index contributed by atoms with van der Waals surface area (Å²) in [6.07, 6.45) is 0. The lowest BCUT2D eigenvalue weighted by Crippen LogP contribution is -2.40. The lowest BCUT2D eigenvalue weighted by Gasteiger charge is -2.19. The third kappa shape index (κ3) is 5.68. The molecule has 146 valence electrons. The average molecular weight is 440 g/mol. The molecule has 1 atom stereocenters. The van der Waals surface area contributed by atoms with Crippen LogP contribution < -0.4 is 14.8 Å². The first kappa shape index (κ1) is 21.2. The monoisotopic (exact) mass is 439 g/mol.